The van der Waals surface area contributed by atoms with Crippen LogP contribution in [-0.4, -0.2) is 41.7 Å². The molecule has 0 aromatic heterocycles. The average Bonchev–Trinajstić information content (AvgIpc) is 2.80. The lowest BCUT2D eigenvalue weighted by molar-refractivity contribution is 0.0792. The Morgan fingerprint density at radius 3 is 2.19 bits per heavy atom. The topological polar surface area (TPSA) is 59.9 Å². The van der Waals surface area contributed by atoms with Gasteiger partial charge in [0, 0.05) is 26.2 Å². The van der Waals surface area contributed by atoms with E-state index in [0.29, 0.717) is 6.54 Å². The molecule has 1 atom stereocenters. The van der Waals surface area contributed by atoms with E-state index in [1.54, 1.807) is 0 Å². The van der Waals surface area contributed by atoms with Gasteiger partial charge in [0.2, 0.25) is 0 Å². The summed E-state index contributed by atoms with van der Waals surface area (Å²) < 4.78 is 0. The van der Waals surface area contributed by atoms with Gasteiger partial charge in [0.15, 0.2) is 5.96 Å². The second-order valence-corrected chi connectivity index (χ2v) is 8.48. The Morgan fingerprint density at radius 1 is 1.00 bits per heavy atom. The number of aliphatic hydroxyl groups excluding tert-OH is 1. The summed E-state index contributed by atoms with van der Waals surface area (Å²) in [7, 11) is 0. The van der Waals surface area contributed by atoms with Crippen molar-refractivity contribution in [2.75, 3.05) is 19.6 Å². The van der Waals surface area contributed by atoms with Crippen LogP contribution >= 0.6 is 24.0 Å². The maximum atomic E-state index is 9.66. The van der Waals surface area contributed by atoms with Crippen LogP contribution in [0.5, 0.6) is 0 Å². The fraction of sp³-hybridized carbons (Fsp3) is 0.500. The standard InChI is InChI=1S/C26H38N4O.HI/c1-4-21-10-12-24(13-11-21)20(3)29-26(27-5-2)28-18-22-6-8-23(9-7-22)19-30-16-14-25(31)15-17-30;/h6-13,20,25,31H,4-5,14-19H2,1-3H3,(H2,27,28,29);1H. The Bertz CT molecular complexity index is 815. The molecule has 0 radical (unpaired) electrons. The molecule has 5 nitrogen and oxygen atoms in total. The van der Waals surface area contributed by atoms with Gasteiger partial charge in [-0.05, 0) is 55.4 Å². The Kier molecular flexibility index (Phi) is 11.5. The van der Waals surface area contributed by atoms with E-state index in [4.69, 9.17) is 4.99 Å². The van der Waals surface area contributed by atoms with Crippen molar-refractivity contribution in [1.29, 1.82) is 0 Å². The highest BCUT2D eigenvalue weighted by molar-refractivity contribution is 14.0. The van der Waals surface area contributed by atoms with E-state index in [1.165, 1.54) is 22.3 Å². The number of hydrogen-bond acceptors (Lipinski definition) is 3. The van der Waals surface area contributed by atoms with Crippen molar-refractivity contribution in [2.24, 2.45) is 4.99 Å². The van der Waals surface area contributed by atoms with Crippen LogP contribution in [0.2, 0.25) is 0 Å². The number of hydrogen-bond donors (Lipinski definition) is 3. The van der Waals surface area contributed by atoms with Gasteiger partial charge in [-0.1, -0.05) is 55.5 Å². The number of aryl methyl sites for hydroxylation is 1. The van der Waals surface area contributed by atoms with Crippen LogP contribution in [0, 0.1) is 0 Å². The highest BCUT2D eigenvalue weighted by atomic mass is 127. The molecule has 0 spiro atoms. The summed E-state index contributed by atoms with van der Waals surface area (Å²) in [5.74, 6) is 0.838. The van der Waals surface area contributed by atoms with E-state index in [0.717, 1.165) is 51.4 Å². The first-order chi connectivity index (χ1) is 15.1. The summed E-state index contributed by atoms with van der Waals surface area (Å²) >= 11 is 0. The van der Waals surface area contributed by atoms with Crippen LogP contribution in [-0.2, 0) is 19.5 Å². The maximum Gasteiger partial charge on any atom is 0.192 e. The van der Waals surface area contributed by atoms with Crippen LogP contribution in [0.3, 0.4) is 0 Å². The van der Waals surface area contributed by atoms with Crippen molar-refractivity contribution in [3.8, 4) is 0 Å². The number of aliphatic hydroxyl groups is 1. The SMILES string of the molecule is CCNC(=NCc1ccc(CN2CCC(O)CC2)cc1)NC(C)c1ccc(CC)cc1.I. The number of nitrogens with one attached hydrogen (secondary N) is 2. The molecule has 0 aliphatic carbocycles. The minimum atomic E-state index is -0.116. The second-order valence-electron chi connectivity index (χ2n) is 8.48. The number of likely N-dealkylation sites (tertiary alicyclic amines) is 1. The zero-order valence-electron chi connectivity index (χ0n) is 19.7. The summed E-state index contributed by atoms with van der Waals surface area (Å²) in [6.45, 7) is 10.8. The molecule has 1 aliphatic heterocycles. The van der Waals surface area contributed by atoms with Crippen LogP contribution in [0.15, 0.2) is 53.5 Å². The average molecular weight is 551 g/mol. The molecule has 2 aromatic carbocycles. The summed E-state index contributed by atoms with van der Waals surface area (Å²) in [6, 6.07) is 17.7. The summed E-state index contributed by atoms with van der Waals surface area (Å²) in [5, 5.41) is 16.5. The Labute approximate surface area is 210 Å². The molecule has 32 heavy (non-hydrogen) atoms. The summed E-state index contributed by atoms with van der Waals surface area (Å²) in [5.41, 5.74) is 5.14. The number of guanidine groups is 1. The smallest absolute Gasteiger partial charge is 0.192 e. The van der Waals surface area contributed by atoms with Crippen molar-refractivity contribution < 1.29 is 5.11 Å². The maximum absolute atomic E-state index is 9.66. The van der Waals surface area contributed by atoms with Crippen molar-refractivity contribution in [3.05, 3.63) is 70.8 Å². The van der Waals surface area contributed by atoms with Crippen LogP contribution in [0.25, 0.3) is 0 Å². The van der Waals surface area contributed by atoms with Gasteiger partial charge in [-0.2, -0.15) is 0 Å². The Hall–Kier alpha value is -1.64. The van der Waals surface area contributed by atoms with E-state index in [1.807, 2.05) is 0 Å². The minimum absolute atomic E-state index is 0. The predicted molar refractivity (Wildman–Crippen MR) is 145 cm³/mol. The summed E-state index contributed by atoms with van der Waals surface area (Å²) in [6.07, 6.45) is 2.71. The molecule has 176 valence electrons. The van der Waals surface area contributed by atoms with Crippen LogP contribution in [0.1, 0.15) is 61.9 Å². The lowest BCUT2D eigenvalue weighted by atomic mass is 10.1. The molecule has 1 aliphatic rings. The van der Waals surface area contributed by atoms with Gasteiger partial charge in [0.25, 0.3) is 0 Å². The van der Waals surface area contributed by atoms with Gasteiger partial charge in [0.05, 0.1) is 18.7 Å². The van der Waals surface area contributed by atoms with Gasteiger partial charge in [0.1, 0.15) is 0 Å². The molecular weight excluding hydrogens is 511 g/mol. The number of rotatable bonds is 8. The summed E-state index contributed by atoms with van der Waals surface area (Å²) in [4.78, 5) is 7.21. The van der Waals surface area contributed by atoms with Crippen molar-refractivity contribution >= 4 is 29.9 Å². The lowest BCUT2D eigenvalue weighted by Crippen LogP contribution is -2.38. The van der Waals surface area contributed by atoms with E-state index in [9.17, 15) is 5.11 Å². The van der Waals surface area contributed by atoms with E-state index < -0.39 is 0 Å². The first kappa shape index (κ1) is 26.6. The predicted octanol–water partition coefficient (Wildman–Crippen LogP) is 4.64. The van der Waals surface area contributed by atoms with Crippen molar-refractivity contribution in [1.82, 2.24) is 15.5 Å². The number of halogens is 1. The lowest BCUT2D eigenvalue weighted by Gasteiger charge is -2.29. The number of piperidine rings is 1. The molecule has 1 saturated heterocycles. The fourth-order valence-electron chi connectivity index (χ4n) is 3.91. The van der Waals surface area contributed by atoms with Gasteiger partial charge in [-0.3, -0.25) is 4.90 Å². The fourth-order valence-corrected chi connectivity index (χ4v) is 3.91. The first-order valence-electron chi connectivity index (χ1n) is 11.7. The number of nitrogens with zero attached hydrogens (tertiary/aromatic N) is 2. The highest BCUT2D eigenvalue weighted by Gasteiger charge is 2.16. The first-order valence-corrected chi connectivity index (χ1v) is 11.7. The van der Waals surface area contributed by atoms with Crippen molar-refractivity contribution in [3.63, 3.8) is 0 Å². The Morgan fingerprint density at radius 2 is 1.59 bits per heavy atom. The van der Waals surface area contributed by atoms with E-state index >= 15 is 0 Å². The molecule has 2 aromatic rings. The molecule has 3 rings (SSSR count). The van der Waals surface area contributed by atoms with E-state index in [-0.39, 0.29) is 36.1 Å². The van der Waals surface area contributed by atoms with Gasteiger partial charge in [-0.15, -0.1) is 24.0 Å². The monoisotopic (exact) mass is 550 g/mol. The van der Waals surface area contributed by atoms with Gasteiger partial charge < -0.3 is 15.7 Å². The van der Waals surface area contributed by atoms with Crippen molar-refractivity contribution in [2.45, 2.75) is 65.3 Å². The molecule has 0 amide bonds. The minimum Gasteiger partial charge on any atom is -0.393 e. The third-order valence-corrected chi connectivity index (χ3v) is 5.99. The zero-order valence-corrected chi connectivity index (χ0v) is 22.0. The largest absolute Gasteiger partial charge is 0.393 e. The number of benzene rings is 2. The van der Waals surface area contributed by atoms with Crippen LogP contribution < -0.4 is 10.6 Å². The normalized spacial score (nSPS) is 16.3. The van der Waals surface area contributed by atoms with Gasteiger partial charge >= 0.3 is 0 Å². The number of aliphatic imine (C=N–C) groups is 1. The quantitative estimate of drug-likeness (QED) is 0.255. The zero-order chi connectivity index (χ0) is 22.1. The molecular formula is C26H39IN4O. The molecule has 1 unspecified atom stereocenters. The molecule has 1 heterocycles. The van der Waals surface area contributed by atoms with E-state index in [2.05, 4.69) is 84.8 Å². The molecule has 3 N–H and O–H groups in total. The third kappa shape index (κ3) is 8.37. The van der Waals surface area contributed by atoms with Gasteiger partial charge in [-0.25, -0.2) is 4.99 Å². The Balaban J connectivity index is 0.00000363. The molecule has 1 fully saturated rings. The highest BCUT2D eigenvalue weighted by Crippen LogP contribution is 2.15. The third-order valence-electron chi connectivity index (χ3n) is 5.99. The second kappa shape index (κ2) is 13.8. The molecule has 6 heteroatoms. The molecule has 0 bridgehead atoms. The molecule has 0 saturated carbocycles. The van der Waals surface area contributed by atoms with Crippen LogP contribution in [0.4, 0.5) is 0 Å².